The van der Waals surface area contributed by atoms with Crippen LogP contribution in [-0.2, 0) is 14.8 Å². The molecule has 1 amide bonds. The van der Waals surface area contributed by atoms with Gasteiger partial charge in [-0.1, -0.05) is 11.6 Å². The van der Waals surface area contributed by atoms with Gasteiger partial charge in [-0.3, -0.25) is 4.79 Å². The lowest BCUT2D eigenvalue weighted by atomic mass is 9.97. The van der Waals surface area contributed by atoms with Crippen LogP contribution >= 0.6 is 0 Å². The topological polar surface area (TPSA) is 84.5 Å². The summed E-state index contributed by atoms with van der Waals surface area (Å²) in [4.78, 5) is 12.1. The number of nitrogens with one attached hydrogen (secondary N) is 2. The Hall–Kier alpha value is -1.86. The Balaban J connectivity index is 1.88. The summed E-state index contributed by atoms with van der Waals surface area (Å²) in [6.07, 6.45) is 6.89. The molecule has 0 aromatic heterocycles. The fourth-order valence-corrected chi connectivity index (χ4v) is 3.95. The van der Waals surface area contributed by atoms with E-state index < -0.39 is 16.1 Å². The number of hydrogen-bond donors (Lipinski definition) is 2. The smallest absolute Gasteiger partial charge is 0.260 e. The molecule has 2 N–H and O–H groups in total. The summed E-state index contributed by atoms with van der Waals surface area (Å²) in [6, 6.07) is 6.15. The molecule has 0 unspecified atom stereocenters. The van der Waals surface area contributed by atoms with Gasteiger partial charge in [0.1, 0.15) is 5.75 Å². The number of amides is 1. The Bertz CT molecular complexity index is 755. The first kappa shape index (κ1) is 21.4. The lowest BCUT2D eigenvalue weighted by Crippen LogP contribution is -2.40. The fourth-order valence-electron chi connectivity index (χ4n) is 2.92. The largest absolute Gasteiger partial charge is 0.481 e. The van der Waals surface area contributed by atoms with E-state index in [4.69, 9.17) is 4.74 Å². The molecule has 1 aliphatic rings. The van der Waals surface area contributed by atoms with E-state index in [-0.39, 0.29) is 16.8 Å². The summed E-state index contributed by atoms with van der Waals surface area (Å²) in [5, 5.41) is 2.77. The van der Waals surface area contributed by atoms with Gasteiger partial charge in [-0.2, -0.15) is 0 Å². The van der Waals surface area contributed by atoms with E-state index in [9.17, 15) is 13.2 Å². The molecule has 150 valence electrons. The zero-order valence-electron chi connectivity index (χ0n) is 16.3. The Morgan fingerprint density at radius 1 is 1.15 bits per heavy atom. The maximum absolute atomic E-state index is 12.4. The number of hydrogen-bond acceptors (Lipinski definition) is 4. The number of benzene rings is 1. The molecule has 0 saturated heterocycles. The predicted octanol–water partition coefficient (Wildman–Crippen LogP) is 3.15. The summed E-state index contributed by atoms with van der Waals surface area (Å²) in [5.74, 6) is 0.244. The van der Waals surface area contributed by atoms with Gasteiger partial charge >= 0.3 is 0 Å². The van der Waals surface area contributed by atoms with Crippen LogP contribution in [0.15, 0.2) is 40.8 Å². The van der Waals surface area contributed by atoms with Crippen molar-refractivity contribution < 1.29 is 17.9 Å². The van der Waals surface area contributed by atoms with E-state index in [2.05, 4.69) is 16.1 Å². The normalized spacial score (nSPS) is 15.9. The van der Waals surface area contributed by atoms with Crippen molar-refractivity contribution in [1.29, 1.82) is 0 Å². The summed E-state index contributed by atoms with van der Waals surface area (Å²) < 4.78 is 33.0. The van der Waals surface area contributed by atoms with E-state index in [1.54, 1.807) is 19.1 Å². The molecular weight excluding hydrogens is 364 g/mol. The van der Waals surface area contributed by atoms with Gasteiger partial charge in [0.2, 0.25) is 10.0 Å². The number of carbonyl (C=O) groups is 1. The maximum Gasteiger partial charge on any atom is 0.260 e. The van der Waals surface area contributed by atoms with Crippen LogP contribution in [0.5, 0.6) is 5.75 Å². The predicted molar refractivity (Wildman–Crippen MR) is 106 cm³/mol. The molecule has 6 nitrogen and oxygen atoms in total. The number of rotatable bonds is 9. The summed E-state index contributed by atoms with van der Waals surface area (Å²) in [7, 11) is -3.55. The lowest BCUT2D eigenvalue weighted by molar-refractivity contribution is -0.127. The molecule has 0 heterocycles. The van der Waals surface area contributed by atoms with Crippen molar-refractivity contribution in [3.8, 4) is 5.75 Å². The van der Waals surface area contributed by atoms with E-state index >= 15 is 0 Å². The van der Waals surface area contributed by atoms with Crippen molar-refractivity contribution in [2.45, 2.75) is 69.9 Å². The average molecular weight is 395 g/mol. The van der Waals surface area contributed by atoms with Crippen LogP contribution < -0.4 is 14.8 Å². The highest BCUT2D eigenvalue weighted by atomic mass is 32.2. The fraction of sp³-hybridized carbons (Fsp3) is 0.550. The van der Waals surface area contributed by atoms with Crippen molar-refractivity contribution in [2.75, 3.05) is 6.54 Å². The molecule has 0 spiro atoms. The van der Waals surface area contributed by atoms with Crippen molar-refractivity contribution >= 4 is 15.9 Å². The third kappa shape index (κ3) is 6.99. The van der Waals surface area contributed by atoms with Gasteiger partial charge in [0.05, 0.1) is 4.90 Å². The van der Waals surface area contributed by atoms with Crippen LogP contribution in [-0.4, -0.2) is 33.0 Å². The molecular formula is C20H30N2O4S. The van der Waals surface area contributed by atoms with E-state index in [0.717, 1.165) is 19.3 Å². The molecule has 0 radical (unpaired) electrons. The maximum atomic E-state index is 12.4. The molecule has 1 aromatic rings. The summed E-state index contributed by atoms with van der Waals surface area (Å²) in [6.45, 7) is 5.81. The summed E-state index contributed by atoms with van der Waals surface area (Å²) >= 11 is 0. The monoisotopic (exact) mass is 394 g/mol. The number of allylic oxidation sites excluding steroid dienone is 1. The number of ether oxygens (including phenoxy) is 1. The Labute approximate surface area is 162 Å². The van der Waals surface area contributed by atoms with Gasteiger partial charge < -0.3 is 10.1 Å². The first-order valence-electron chi connectivity index (χ1n) is 9.52. The Kier molecular flexibility index (Phi) is 7.86. The SMILES string of the molecule is CC(C)NC(=O)[C@@H](C)Oc1ccc(S(=O)(=O)NCCC2=CCCCC2)cc1. The standard InChI is InChI=1S/C20H30N2O4S/c1-15(2)22-20(23)16(3)26-18-9-11-19(12-10-18)27(24,25)21-14-13-17-7-5-4-6-8-17/h7,9-12,15-16,21H,4-6,8,13-14H2,1-3H3,(H,22,23)/t16-/m1/s1. The lowest BCUT2D eigenvalue weighted by Gasteiger charge is -2.16. The highest BCUT2D eigenvalue weighted by Crippen LogP contribution is 2.20. The van der Waals surface area contributed by atoms with E-state index in [1.165, 1.54) is 30.5 Å². The van der Waals surface area contributed by atoms with Crippen LogP contribution in [0.1, 0.15) is 52.9 Å². The van der Waals surface area contributed by atoms with Crippen LogP contribution in [0, 0.1) is 0 Å². The van der Waals surface area contributed by atoms with Crippen LogP contribution in [0.25, 0.3) is 0 Å². The van der Waals surface area contributed by atoms with Crippen LogP contribution in [0.2, 0.25) is 0 Å². The van der Waals surface area contributed by atoms with Crippen molar-refractivity contribution in [3.05, 3.63) is 35.9 Å². The van der Waals surface area contributed by atoms with E-state index in [1.807, 2.05) is 13.8 Å². The number of carbonyl (C=O) groups excluding carboxylic acids is 1. The third-order valence-electron chi connectivity index (χ3n) is 4.37. The van der Waals surface area contributed by atoms with Crippen molar-refractivity contribution in [1.82, 2.24) is 10.0 Å². The van der Waals surface area contributed by atoms with Crippen molar-refractivity contribution in [2.24, 2.45) is 0 Å². The van der Waals surface area contributed by atoms with Crippen LogP contribution in [0.3, 0.4) is 0 Å². The van der Waals surface area contributed by atoms with Gasteiger partial charge in [-0.25, -0.2) is 13.1 Å². The molecule has 1 aromatic carbocycles. The van der Waals surface area contributed by atoms with E-state index in [0.29, 0.717) is 12.3 Å². The molecule has 2 rings (SSSR count). The highest BCUT2D eigenvalue weighted by Gasteiger charge is 2.17. The van der Waals surface area contributed by atoms with Crippen LogP contribution in [0.4, 0.5) is 0 Å². The van der Waals surface area contributed by atoms with Gasteiger partial charge in [-0.15, -0.1) is 0 Å². The first-order chi connectivity index (χ1) is 12.8. The Morgan fingerprint density at radius 3 is 2.44 bits per heavy atom. The third-order valence-corrected chi connectivity index (χ3v) is 5.85. The first-order valence-corrected chi connectivity index (χ1v) is 11.0. The second-order valence-corrected chi connectivity index (χ2v) is 8.92. The quantitative estimate of drug-likeness (QED) is 0.630. The van der Waals surface area contributed by atoms with Gasteiger partial charge in [0.15, 0.2) is 6.10 Å². The van der Waals surface area contributed by atoms with Crippen molar-refractivity contribution in [3.63, 3.8) is 0 Å². The molecule has 1 atom stereocenters. The molecule has 0 fully saturated rings. The van der Waals surface area contributed by atoms with Gasteiger partial charge in [-0.05, 0) is 77.1 Å². The summed E-state index contributed by atoms with van der Waals surface area (Å²) in [5.41, 5.74) is 1.33. The molecule has 27 heavy (non-hydrogen) atoms. The highest BCUT2D eigenvalue weighted by molar-refractivity contribution is 7.89. The minimum Gasteiger partial charge on any atom is -0.481 e. The second kappa shape index (κ2) is 9.90. The molecule has 0 saturated carbocycles. The molecule has 0 aliphatic heterocycles. The second-order valence-electron chi connectivity index (χ2n) is 7.15. The molecule has 0 bridgehead atoms. The minimum absolute atomic E-state index is 0.0338. The zero-order chi connectivity index (χ0) is 19.9. The number of sulfonamides is 1. The van der Waals surface area contributed by atoms with Gasteiger partial charge in [0, 0.05) is 12.6 Å². The van der Waals surface area contributed by atoms with Gasteiger partial charge in [0.25, 0.3) is 5.91 Å². The molecule has 7 heteroatoms. The molecule has 1 aliphatic carbocycles. The minimum atomic E-state index is -3.55. The zero-order valence-corrected chi connectivity index (χ0v) is 17.1. The average Bonchev–Trinajstić information content (AvgIpc) is 2.62. The Morgan fingerprint density at radius 2 is 1.85 bits per heavy atom.